The number of carbonyl (C=O) groups is 2. The molecule has 342 valence electrons. The molecule has 2 amide bonds. The zero-order chi connectivity index (χ0) is 45.2. The van der Waals surface area contributed by atoms with Crippen LogP contribution in [0.5, 0.6) is 0 Å². The van der Waals surface area contributed by atoms with E-state index in [9.17, 15) is 28.1 Å². The predicted molar refractivity (Wildman–Crippen MR) is 248 cm³/mol. The smallest absolute Gasteiger partial charge is 0.293 e. The van der Waals surface area contributed by atoms with E-state index in [1.165, 1.54) is 35.3 Å². The molecule has 64 heavy (non-hydrogen) atoms. The van der Waals surface area contributed by atoms with Crippen LogP contribution in [0, 0.1) is 55.9 Å². The van der Waals surface area contributed by atoms with Crippen molar-refractivity contribution in [1.29, 1.82) is 0 Å². The van der Waals surface area contributed by atoms with Gasteiger partial charge in [-0.3, -0.25) is 24.6 Å². The van der Waals surface area contributed by atoms with E-state index in [4.69, 9.17) is 4.74 Å². The van der Waals surface area contributed by atoms with E-state index >= 15 is 0 Å². The van der Waals surface area contributed by atoms with Gasteiger partial charge >= 0.3 is 0 Å². The molecule has 3 N–H and O–H groups in total. The quantitative estimate of drug-likeness (QED) is 0.114. The number of carbonyl (C=O) groups excluding carboxylic acids is 2. The van der Waals surface area contributed by atoms with Gasteiger partial charge in [0.2, 0.25) is 5.91 Å². The zero-order valence-electron chi connectivity index (χ0n) is 37.9. The Labute approximate surface area is 378 Å². The summed E-state index contributed by atoms with van der Waals surface area (Å²) < 4.78 is 34.0. The second-order valence-electron chi connectivity index (χ2n) is 20.7. The Balaban J connectivity index is 0.817. The number of benzene rings is 3. The van der Waals surface area contributed by atoms with Gasteiger partial charge in [-0.1, -0.05) is 65.0 Å². The fraction of sp³-hybridized carbons (Fsp3) is 0.560. The van der Waals surface area contributed by atoms with Gasteiger partial charge in [0, 0.05) is 75.8 Å². The Morgan fingerprint density at radius 1 is 0.922 bits per heavy atom. The number of sulfonamides is 1. The third kappa shape index (κ3) is 7.80. The molecule has 6 fully saturated rings. The number of nitrogens with one attached hydrogen (secondary N) is 3. The molecular formula is C50H64N6O7S. The summed E-state index contributed by atoms with van der Waals surface area (Å²) in [4.78, 5) is 43.7. The number of ether oxygens (including phenoxy) is 1. The lowest BCUT2D eigenvalue weighted by atomic mass is 9.44. The first-order valence-electron chi connectivity index (χ1n) is 23.4. The largest absolute Gasteiger partial charge is 0.381 e. The van der Waals surface area contributed by atoms with E-state index in [0.29, 0.717) is 54.8 Å². The highest BCUT2D eigenvalue weighted by atomic mass is 32.2. The molecule has 13 nitrogen and oxygen atoms in total. The van der Waals surface area contributed by atoms with Crippen molar-refractivity contribution in [3.63, 3.8) is 0 Å². The van der Waals surface area contributed by atoms with E-state index in [2.05, 4.69) is 90.1 Å². The lowest BCUT2D eigenvalue weighted by Crippen LogP contribution is -2.62. The molecule has 7 aliphatic rings. The summed E-state index contributed by atoms with van der Waals surface area (Å²) in [6.07, 6.45) is 8.39. The van der Waals surface area contributed by atoms with Gasteiger partial charge in [-0.15, -0.1) is 0 Å². The SMILES string of the molecule is C[C@H]1[C@@H](NC(=O)C23CCC(C=C2c2ccccc2CN2CCN(c4ccc(C(=O)NS(=O)(=O)c5ccc(NCC6CCOCC6)c([N+](=O)[O-])c5)cc4)CC2)C3(C)C)C[C@@H]2C[C@@H]1C2(C)C. The number of allylic oxidation sites excluding steroid dienone is 1. The van der Waals surface area contributed by atoms with Crippen molar-refractivity contribution in [2.24, 2.45) is 45.8 Å². The highest BCUT2D eigenvalue weighted by Crippen LogP contribution is 2.68. The third-order valence-electron chi connectivity index (χ3n) is 16.9. The molecule has 0 aromatic heterocycles. The second-order valence-corrected chi connectivity index (χ2v) is 22.3. The first-order chi connectivity index (χ1) is 30.5. The molecule has 4 saturated carbocycles. The zero-order valence-corrected chi connectivity index (χ0v) is 38.7. The molecule has 6 atom stereocenters. The van der Waals surface area contributed by atoms with Gasteiger partial charge in [0.15, 0.2) is 0 Å². The Bertz CT molecular complexity index is 2440. The standard InChI is InChI=1S/C50H64N6O7S/c1-32-41-27-37(48(41,2)3)28-44(32)52-47(58)50-19-16-36(49(50,4)5)26-42(50)40-9-7-6-8-35(40)31-54-20-22-55(23-21-54)38-12-10-34(11-13-38)46(57)53-64(61,62)39-14-15-43(45(29-39)56(59)60)51-30-33-17-24-63-25-18-33/h6-15,26,29,32-33,36-37,41,44,51H,16-25,27-28,30-31H2,1-5H3,(H,52,58)(H,53,57)/t32-,36?,37+,41+,44+,50?/m1/s1. The molecule has 14 heteroatoms. The van der Waals surface area contributed by atoms with Gasteiger partial charge < -0.3 is 20.3 Å². The molecule has 0 radical (unpaired) electrons. The first-order valence-corrected chi connectivity index (χ1v) is 24.8. The Morgan fingerprint density at radius 2 is 1.64 bits per heavy atom. The first kappa shape index (κ1) is 44.4. The minimum Gasteiger partial charge on any atom is -0.381 e. The summed E-state index contributed by atoms with van der Waals surface area (Å²) in [6, 6.07) is 19.3. The second kappa shape index (κ2) is 16.9. The van der Waals surface area contributed by atoms with Crippen molar-refractivity contribution in [1.82, 2.24) is 14.9 Å². The van der Waals surface area contributed by atoms with E-state index in [-0.39, 0.29) is 39.2 Å². The summed E-state index contributed by atoms with van der Waals surface area (Å²) >= 11 is 0. The van der Waals surface area contributed by atoms with Crippen LogP contribution in [0.2, 0.25) is 0 Å². The van der Waals surface area contributed by atoms with Crippen LogP contribution in [0.1, 0.15) is 94.6 Å². The molecule has 2 heterocycles. The Hall–Kier alpha value is -4.79. The van der Waals surface area contributed by atoms with Crippen LogP contribution in [0.15, 0.2) is 77.7 Å². The number of nitro benzene ring substituents is 1. The van der Waals surface area contributed by atoms with Crippen LogP contribution in [0.25, 0.3) is 5.57 Å². The van der Waals surface area contributed by atoms with Crippen LogP contribution < -0.4 is 20.3 Å². The molecule has 4 bridgehead atoms. The minimum atomic E-state index is -4.40. The van der Waals surface area contributed by atoms with Crippen molar-refractivity contribution < 1.29 is 27.7 Å². The van der Waals surface area contributed by atoms with Gasteiger partial charge in [0.1, 0.15) is 5.69 Å². The lowest BCUT2D eigenvalue weighted by Gasteiger charge is -2.62. The molecule has 2 unspecified atom stereocenters. The van der Waals surface area contributed by atoms with E-state index in [1.807, 2.05) is 12.1 Å². The number of hydrogen-bond acceptors (Lipinski definition) is 10. The monoisotopic (exact) mass is 892 g/mol. The van der Waals surface area contributed by atoms with Gasteiger partial charge in [-0.2, -0.15) is 0 Å². The number of hydrogen-bond donors (Lipinski definition) is 3. The number of piperazine rings is 1. The molecular weight excluding hydrogens is 829 g/mol. The number of fused-ring (bicyclic) bond motifs is 4. The number of anilines is 2. The van der Waals surface area contributed by atoms with Crippen molar-refractivity contribution in [3.8, 4) is 0 Å². The lowest BCUT2D eigenvalue weighted by molar-refractivity contribution is -0.384. The summed E-state index contributed by atoms with van der Waals surface area (Å²) in [5, 5.41) is 18.7. The van der Waals surface area contributed by atoms with Crippen LogP contribution in [-0.4, -0.2) is 82.0 Å². The molecule has 3 aromatic carbocycles. The topological polar surface area (TPSA) is 163 Å². The minimum absolute atomic E-state index is 0.158. The number of nitro groups is 1. The average Bonchev–Trinajstić information content (AvgIpc) is 3.68. The van der Waals surface area contributed by atoms with Gasteiger partial charge in [0.25, 0.3) is 21.6 Å². The van der Waals surface area contributed by atoms with Crippen LogP contribution in [-0.2, 0) is 26.1 Å². The van der Waals surface area contributed by atoms with Crippen molar-refractivity contribution >= 4 is 44.5 Å². The molecule has 5 aliphatic carbocycles. The van der Waals surface area contributed by atoms with Crippen molar-refractivity contribution in [3.05, 3.63) is 99.6 Å². The maximum Gasteiger partial charge on any atom is 0.293 e. The normalized spacial score (nSPS) is 28.5. The predicted octanol–water partition coefficient (Wildman–Crippen LogP) is 7.88. The fourth-order valence-corrected chi connectivity index (χ4v) is 13.5. The maximum absolute atomic E-state index is 14.8. The average molecular weight is 893 g/mol. The maximum atomic E-state index is 14.8. The Kier molecular flexibility index (Phi) is 11.7. The summed E-state index contributed by atoms with van der Waals surface area (Å²) in [5.74, 6) is 1.88. The molecule has 2 aliphatic heterocycles. The molecule has 10 rings (SSSR count). The highest BCUT2D eigenvalue weighted by molar-refractivity contribution is 7.90. The van der Waals surface area contributed by atoms with Gasteiger partial charge in [0.05, 0.1) is 15.2 Å². The summed E-state index contributed by atoms with van der Waals surface area (Å²) in [7, 11) is -4.40. The molecule has 0 spiro atoms. The Morgan fingerprint density at radius 3 is 2.31 bits per heavy atom. The van der Waals surface area contributed by atoms with E-state index in [0.717, 1.165) is 76.6 Å². The van der Waals surface area contributed by atoms with Crippen molar-refractivity contribution in [2.45, 2.75) is 90.6 Å². The number of nitrogens with zero attached hydrogens (tertiary/aromatic N) is 3. The third-order valence-corrected chi connectivity index (χ3v) is 18.3. The van der Waals surface area contributed by atoms with Crippen LogP contribution in [0.4, 0.5) is 17.1 Å². The molecule has 2 saturated heterocycles. The number of amides is 2. The van der Waals surface area contributed by atoms with Gasteiger partial charge in [-0.25, -0.2) is 13.1 Å². The summed E-state index contributed by atoms with van der Waals surface area (Å²) in [5.41, 5.74) is 4.20. The van der Waals surface area contributed by atoms with Crippen LogP contribution in [0.3, 0.4) is 0 Å². The van der Waals surface area contributed by atoms with Gasteiger partial charge in [-0.05, 0) is 132 Å². The van der Waals surface area contributed by atoms with Crippen LogP contribution >= 0.6 is 0 Å². The number of rotatable bonds is 13. The highest BCUT2D eigenvalue weighted by Gasteiger charge is 2.65. The summed E-state index contributed by atoms with van der Waals surface area (Å²) in [6.45, 7) is 17.5. The fourth-order valence-electron chi connectivity index (χ4n) is 12.5. The van der Waals surface area contributed by atoms with Crippen molar-refractivity contribution in [2.75, 3.05) is 56.2 Å². The van der Waals surface area contributed by atoms with E-state index < -0.39 is 26.3 Å². The van der Waals surface area contributed by atoms with E-state index in [1.54, 1.807) is 12.1 Å². The molecule has 3 aromatic rings.